The number of carbonyl (C=O) groups excluding carboxylic acids is 1. The van der Waals surface area contributed by atoms with Crippen LogP contribution < -0.4 is 10.2 Å². The van der Waals surface area contributed by atoms with Gasteiger partial charge in [0.25, 0.3) is 0 Å². The van der Waals surface area contributed by atoms with Crippen molar-refractivity contribution in [2.45, 2.75) is 46.3 Å². The van der Waals surface area contributed by atoms with Crippen molar-refractivity contribution in [3.63, 3.8) is 0 Å². The number of nitrogens with zero attached hydrogens (tertiary/aromatic N) is 3. The number of benzene rings is 1. The molecule has 6 nitrogen and oxygen atoms in total. The van der Waals surface area contributed by atoms with Gasteiger partial charge in [-0.25, -0.2) is 9.78 Å². The van der Waals surface area contributed by atoms with Gasteiger partial charge in [0.1, 0.15) is 11.8 Å². The number of fused-ring (bicyclic) bond motifs is 1. The first-order valence-electron chi connectivity index (χ1n) is 9.10. The van der Waals surface area contributed by atoms with Gasteiger partial charge in [-0.15, -0.1) is 0 Å². The maximum atomic E-state index is 12.5. The number of hydrogen-bond donors (Lipinski definition) is 1. The predicted molar refractivity (Wildman–Crippen MR) is 100 cm³/mol. The zero-order valence-electron chi connectivity index (χ0n) is 15.5. The molecule has 2 aromatic rings. The zero-order valence-corrected chi connectivity index (χ0v) is 15.5. The Balaban J connectivity index is 1.83. The molecule has 2 heterocycles. The Morgan fingerprint density at radius 2 is 2.04 bits per heavy atom. The van der Waals surface area contributed by atoms with Gasteiger partial charge in [-0.3, -0.25) is 4.57 Å². The normalized spacial score (nSPS) is 21.1. The minimum absolute atomic E-state index is 0.121. The summed E-state index contributed by atoms with van der Waals surface area (Å²) in [5.41, 5.74) is 2.77. The van der Waals surface area contributed by atoms with Crippen molar-refractivity contribution in [3.8, 4) is 0 Å². The molecule has 6 heteroatoms. The van der Waals surface area contributed by atoms with Crippen LogP contribution in [-0.4, -0.2) is 47.4 Å². The lowest BCUT2D eigenvalue weighted by molar-refractivity contribution is -0.00514. The van der Waals surface area contributed by atoms with E-state index < -0.39 is 0 Å². The van der Waals surface area contributed by atoms with Gasteiger partial charge in [0.2, 0.25) is 0 Å². The number of hydrogen-bond acceptors (Lipinski definition) is 4. The number of imidazole rings is 1. The van der Waals surface area contributed by atoms with Crippen LogP contribution in [0.2, 0.25) is 0 Å². The summed E-state index contributed by atoms with van der Waals surface area (Å²) in [5, 5.41) is 2.97. The number of amides is 1. The molecule has 1 aliphatic rings. The molecule has 1 aromatic carbocycles. The molecule has 0 radical (unpaired) electrons. The highest BCUT2D eigenvalue weighted by molar-refractivity contribution is 5.95. The van der Waals surface area contributed by atoms with Crippen LogP contribution in [-0.2, 0) is 4.74 Å². The number of para-hydroxylation sites is 1. The standard InChI is InChI=1S/C19H28N4O2/c1-13(2)8-9-20-19(24)23-12-21-18-16(6-5-7-17(18)23)22-10-14(3)25-15(4)11-22/h5-7,12-15H,8-11H2,1-4H3,(H,20,24)/t14-,15-/m0/s1. The maximum Gasteiger partial charge on any atom is 0.327 e. The van der Waals surface area contributed by atoms with Crippen molar-refractivity contribution < 1.29 is 9.53 Å². The zero-order chi connectivity index (χ0) is 18.0. The van der Waals surface area contributed by atoms with Gasteiger partial charge in [0.15, 0.2) is 0 Å². The predicted octanol–water partition coefficient (Wildman–Crippen LogP) is 3.25. The molecule has 0 unspecified atom stereocenters. The number of nitrogens with one attached hydrogen (secondary N) is 1. The average Bonchev–Trinajstić information content (AvgIpc) is 2.97. The molecular formula is C19H28N4O2. The van der Waals surface area contributed by atoms with Gasteiger partial charge in [-0.2, -0.15) is 0 Å². The highest BCUT2D eigenvalue weighted by Crippen LogP contribution is 2.28. The second-order valence-electron chi connectivity index (χ2n) is 7.34. The van der Waals surface area contributed by atoms with Crippen LogP contribution in [0.25, 0.3) is 11.0 Å². The first kappa shape index (κ1) is 17.7. The fourth-order valence-electron chi connectivity index (χ4n) is 3.37. The van der Waals surface area contributed by atoms with Crippen LogP contribution >= 0.6 is 0 Å². The number of morpholine rings is 1. The maximum absolute atomic E-state index is 12.5. The Labute approximate surface area is 149 Å². The third-order valence-electron chi connectivity index (χ3n) is 4.53. The van der Waals surface area contributed by atoms with Crippen LogP contribution in [0.15, 0.2) is 24.5 Å². The summed E-state index contributed by atoms with van der Waals surface area (Å²) < 4.78 is 7.43. The summed E-state index contributed by atoms with van der Waals surface area (Å²) in [4.78, 5) is 19.3. The lowest BCUT2D eigenvalue weighted by Gasteiger charge is -2.36. The molecular weight excluding hydrogens is 316 g/mol. The van der Waals surface area contributed by atoms with E-state index in [4.69, 9.17) is 4.74 Å². The molecule has 0 spiro atoms. The fraction of sp³-hybridized carbons (Fsp3) is 0.579. The summed E-state index contributed by atoms with van der Waals surface area (Å²) in [5.74, 6) is 0.566. The van der Waals surface area contributed by atoms with E-state index >= 15 is 0 Å². The highest BCUT2D eigenvalue weighted by atomic mass is 16.5. The molecule has 1 fully saturated rings. The Kier molecular flexibility index (Phi) is 5.27. The molecule has 1 aromatic heterocycles. The van der Waals surface area contributed by atoms with E-state index in [2.05, 4.69) is 49.0 Å². The van der Waals surface area contributed by atoms with Crippen molar-refractivity contribution >= 4 is 22.8 Å². The van der Waals surface area contributed by atoms with Crippen LogP contribution in [0.1, 0.15) is 34.1 Å². The lowest BCUT2D eigenvalue weighted by Crippen LogP contribution is -2.45. The van der Waals surface area contributed by atoms with Gasteiger partial charge in [0.05, 0.1) is 23.4 Å². The Bertz CT molecular complexity index is 730. The van der Waals surface area contributed by atoms with Crippen molar-refractivity contribution in [2.75, 3.05) is 24.5 Å². The molecule has 0 saturated carbocycles. The summed E-state index contributed by atoms with van der Waals surface area (Å²) >= 11 is 0. The summed E-state index contributed by atoms with van der Waals surface area (Å²) in [6, 6.07) is 5.88. The van der Waals surface area contributed by atoms with Crippen LogP contribution in [0.4, 0.5) is 10.5 Å². The number of aromatic nitrogens is 2. The van der Waals surface area contributed by atoms with E-state index in [-0.39, 0.29) is 18.2 Å². The van der Waals surface area contributed by atoms with Crippen LogP contribution in [0.3, 0.4) is 0 Å². The highest BCUT2D eigenvalue weighted by Gasteiger charge is 2.24. The topological polar surface area (TPSA) is 59.4 Å². The van der Waals surface area contributed by atoms with Crippen molar-refractivity contribution in [1.29, 1.82) is 0 Å². The first-order valence-corrected chi connectivity index (χ1v) is 9.10. The quantitative estimate of drug-likeness (QED) is 0.925. The first-order chi connectivity index (χ1) is 12.0. The largest absolute Gasteiger partial charge is 0.372 e. The minimum atomic E-state index is -0.121. The molecule has 1 saturated heterocycles. The van der Waals surface area contributed by atoms with E-state index in [1.165, 1.54) is 0 Å². The summed E-state index contributed by atoms with van der Waals surface area (Å²) in [6.45, 7) is 10.8. The SMILES string of the molecule is CC(C)CCNC(=O)n1cnc2c(N3C[C@H](C)O[C@@H](C)C3)cccc21. The van der Waals surface area contributed by atoms with Crippen molar-refractivity contribution in [1.82, 2.24) is 14.9 Å². The molecule has 1 N–H and O–H groups in total. The van der Waals surface area contributed by atoms with Gasteiger partial charge >= 0.3 is 6.03 Å². The second kappa shape index (κ2) is 7.44. The van der Waals surface area contributed by atoms with E-state index in [1.54, 1.807) is 10.9 Å². The van der Waals surface area contributed by atoms with Gasteiger partial charge in [-0.05, 0) is 38.3 Å². The van der Waals surface area contributed by atoms with E-state index in [9.17, 15) is 4.79 Å². The van der Waals surface area contributed by atoms with E-state index in [0.717, 1.165) is 36.2 Å². The second-order valence-corrected chi connectivity index (χ2v) is 7.34. The van der Waals surface area contributed by atoms with E-state index in [0.29, 0.717) is 12.5 Å². The van der Waals surface area contributed by atoms with Crippen molar-refractivity contribution in [3.05, 3.63) is 24.5 Å². The summed E-state index contributed by atoms with van der Waals surface area (Å²) in [7, 11) is 0. The number of rotatable bonds is 4. The summed E-state index contributed by atoms with van der Waals surface area (Å²) in [6.07, 6.45) is 2.94. The van der Waals surface area contributed by atoms with Crippen LogP contribution in [0, 0.1) is 5.92 Å². The Hall–Kier alpha value is -2.08. The Morgan fingerprint density at radius 3 is 2.72 bits per heavy atom. The fourth-order valence-corrected chi connectivity index (χ4v) is 3.37. The third kappa shape index (κ3) is 3.95. The molecule has 0 bridgehead atoms. The van der Waals surface area contributed by atoms with Gasteiger partial charge < -0.3 is 15.0 Å². The number of carbonyl (C=O) groups is 1. The van der Waals surface area contributed by atoms with Gasteiger partial charge in [0, 0.05) is 19.6 Å². The molecule has 3 rings (SSSR count). The average molecular weight is 344 g/mol. The third-order valence-corrected chi connectivity index (χ3v) is 4.53. The van der Waals surface area contributed by atoms with E-state index in [1.807, 2.05) is 12.1 Å². The van der Waals surface area contributed by atoms with Gasteiger partial charge in [-0.1, -0.05) is 19.9 Å². The smallest absolute Gasteiger partial charge is 0.327 e. The van der Waals surface area contributed by atoms with Crippen molar-refractivity contribution in [2.24, 2.45) is 5.92 Å². The monoisotopic (exact) mass is 344 g/mol. The number of ether oxygens (including phenoxy) is 1. The molecule has 136 valence electrons. The van der Waals surface area contributed by atoms with Crippen LogP contribution in [0.5, 0.6) is 0 Å². The number of anilines is 1. The Morgan fingerprint density at radius 1 is 1.32 bits per heavy atom. The molecule has 0 aliphatic carbocycles. The lowest BCUT2D eigenvalue weighted by atomic mass is 10.1. The molecule has 25 heavy (non-hydrogen) atoms. The minimum Gasteiger partial charge on any atom is -0.372 e. The molecule has 2 atom stereocenters. The molecule has 1 amide bonds. The molecule has 1 aliphatic heterocycles.